The molecule has 0 aliphatic rings. The van der Waals surface area contributed by atoms with Crippen molar-refractivity contribution in [3.8, 4) is 0 Å². The molecule has 0 saturated heterocycles. The van der Waals surface area contributed by atoms with E-state index in [-0.39, 0.29) is 4.90 Å². The van der Waals surface area contributed by atoms with E-state index in [0.29, 0.717) is 5.56 Å². The highest BCUT2D eigenvalue weighted by Gasteiger charge is 2.26. The van der Waals surface area contributed by atoms with Crippen molar-refractivity contribution in [2.45, 2.75) is 16.5 Å². The lowest BCUT2D eigenvalue weighted by molar-refractivity contribution is 0.593. The zero-order valence-electron chi connectivity index (χ0n) is 9.88. The third kappa shape index (κ3) is 2.57. The van der Waals surface area contributed by atoms with Gasteiger partial charge < -0.3 is 0 Å². The fourth-order valence-electron chi connectivity index (χ4n) is 1.63. The minimum atomic E-state index is -3.54. The molecule has 0 aliphatic heterocycles. The first-order valence-corrected chi connectivity index (χ1v) is 7.49. The Kier molecular flexibility index (Phi) is 3.73. The molecule has 0 N–H and O–H groups in total. The summed E-state index contributed by atoms with van der Waals surface area (Å²) >= 11 is 6.08. The van der Waals surface area contributed by atoms with Gasteiger partial charge in [-0.05, 0) is 24.6 Å². The van der Waals surface area contributed by atoms with Crippen LogP contribution >= 0.6 is 11.6 Å². The maximum Gasteiger partial charge on any atom is 0.199 e. The fourth-order valence-corrected chi connectivity index (χ4v) is 3.35. The summed E-state index contributed by atoms with van der Waals surface area (Å²) in [5.41, 5.74) is 1.60. The standard InChI is InChI=1S/C14H13ClO2S/c1-11-7-9-13(10-8-11)18(16,17)14(15)12-5-3-2-4-6-12/h2-10,14H,1H3. The first-order chi connectivity index (χ1) is 8.51. The van der Waals surface area contributed by atoms with E-state index in [1.807, 2.05) is 13.0 Å². The summed E-state index contributed by atoms with van der Waals surface area (Å²) in [5.74, 6) is 0. The Bertz CT molecular complexity index is 619. The zero-order valence-corrected chi connectivity index (χ0v) is 11.4. The van der Waals surface area contributed by atoms with Crippen LogP contribution in [-0.4, -0.2) is 8.42 Å². The molecule has 94 valence electrons. The number of benzene rings is 2. The highest BCUT2D eigenvalue weighted by atomic mass is 35.5. The quantitative estimate of drug-likeness (QED) is 0.803. The van der Waals surface area contributed by atoms with E-state index in [1.54, 1.807) is 48.5 Å². The maximum absolute atomic E-state index is 12.3. The molecule has 0 aliphatic carbocycles. The summed E-state index contributed by atoms with van der Waals surface area (Å²) in [4.78, 5) is 0.247. The highest BCUT2D eigenvalue weighted by Crippen LogP contribution is 2.32. The third-order valence-electron chi connectivity index (χ3n) is 2.68. The Hall–Kier alpha value is -1.32. The monoisotopic (exact) mass is 280 g/mol. The zero-order chi connectivity index (χ0) is 13.2. The molecule has 0 bridgehead atoms. The van der Waals surface area contributed by atoms with Crippen molar-refractivity contribution >= 4 is 21.4 Å². The van der Waals surface area contributed by atoms with Crippen LogP contribution in [0.25, 0.3) is 0 Å². The van der Waals surface area contributed by atoms with Gasteiger partial charge in [0.1, 0.15) is 0 Å². The predicted molar refractivity (Wildman–Crippen MR) is 73.4 cm³/mol. The molecular weight excluding hydrogens is 268 g/mol. The Morgan fingerprint density at radius 1 is 0.944 bits per heavy atom. The molecule has 2 nitrogen and oxygen atoms in total. The van der Waals surface area contributed by atoms with Crippen LogP contribution in [0.2, 0.25) is 0 Å². The number of hydrogen-bond donors (Lipinski definition) is 0. The van der Waals surface area contributed by atoms with E-state index >= 15 is 0 Å². The second-order valence-electron chi connectivity index (χ2n) is 4.08. The van der Waals surface area contributed by atoms with E-state index < -0.39 is 14.5 Å². The molecule has 2 aromatic rings. The van der Waals surface area contributed by atoms with Crippen LogP contribution in [0, 0.1) is 6.92 Å². The predicted octanol–water partition coefficient (Wildman–Crippen LogP) is 3.71. The fraction of sp³-hybridized carbons (Fsp3) is 0.143. The van der Waals surface area contributed by atoms with Crippen molar-refractivity contribution in [2.75, 3.05) is 0 Å². The Balaban J connectivity index is 2.40. The van der Waals surface area contributed by atoms with Crippen LogP contribution in [0.4, 0.5) is 0 Å². The lowest BCUT2D eigenvalue weighted by atomic mass is 10.2. The first kappa shape index (κ1) is 13.1. The number of sulfone groups is 1. The smallest absolute Gasteiger partial charge is 0.199 e. The van der Waals surface area contributed by atoms with Crippen LogP contribution in [0.5, 0.6) is 0 Å². The molecule has 0 spiro atoms. The van der Waals surface area contributed by atoms with Gasteiger partial charge in [0.15, 0.2) is 14.5 Å². The number of halogens is 1. The summed E-state index contributed by atoms with van der Waals surface area (Å²) in [6.07, 6.45) is 0. The molecule has 0 fully saturated rings. The van der Waals surface area contributed by atoms with Gasteiger partial charge in [-0.15, -0.1) is 0 Å². The average Bonchev–Trinajstić information content (AvgIpc) is 2.39. The van der Waals surface area contributed by atoms with Gasteiger partial charge in [-0.2, -0.15) is 0 Å². The van der Waals surface area contributed by atoms with Gasteiger partial charge in [0.2, 0.25) is 0 Å². The lowest BCUT2D eigenvalue weighted by Gasteiger charge is -2.11. The molecule has 2 rings (SSSR count). The van der Waals surface area contributed by atoms with Gasteiger partial charge in [-0.25, -0.2) is 8.42 Å². The van der Waals surface area contributed by atoms with Gasteiger partial charge >= 0.3 is 0 Å². The van der Waals surface area contributed by atoms with Crippen LogP contribution in [0.1, 0.15) is 15.8 Å². The maximum atomic E-state index is 12.3. The van der Waals surface area contributed by atoms with Crippen molar-refractivity contribution < 1.29 is 8.42 Å². The second kappa shape index (κ2) is 5.12. The minimum absolute atomic E-state index is 0.247. The lowest BCUT2D eigenvalue weighted by Crippen LogP contribution is -2.08. The van der Waals surface area contributed by atoms with Crippen LogP contribution in [0.15, 0.2) is 59.5 Å². The number of hydrogen-bond acceptors (Lipinski definition) is 2. The Morgan fingerprint density at radius 2 is 1.50 bits per heavy atom. The largest absolute Gasteiger partial charge is 0.222 e. The first-order valence-electron chi connectivity index (χ1n) is 5.51. The van der Waals surface area contributed by atoms with Gasteiger partial charge in [0, 0.05) is 0 Å². The number of rotatable bonds is 3. The number of aryl methyl sites for hydroxylation is 1. The molecule has 0 aromatic heterocycles. The summed E-state index contributed by atoms with van der Waals surface area (Å²) in [6.45, 7) is 1.91. The van der Waals surface area contributed by atoms with E-state index in [1.165, 1.54) is 0 Å². The summed E-state index contributed by atoms with van der Waals surface area (Å²) in [6, 6.07) is 15.5. The normalized spacial score (nSPS) is 13.2. The summed E-state index contributed by atoms with van der Waals surface area (Å²) in [5, 5.41) is 0. The topological polar surface area (TPSA) is 34.1 Å². The number of alkyl halides is 1. The molecule has 0 radical (unpaired) electrons. The summed E-state index contributed by atoms with van der Waals surface area (Å²) in [7, 11) is -3.54. The molecule has 2 aromatic carbocycles. The van der Waals surface area contributed by atoms with E-state index in [2.05, 4.69) is 0 Å². The second-order valence-corrected chi connectivity index (χ2v) is 6.81. The van der Waals surface area contributed by atoms with Crippen molar-refractivity contribution in [2.24, 2.45) is 0 Å². The van der Waals surface area contributed by atoms with E-state index in [9.17, 15) is 8.42 Å². The highest BCUT2D eigenvalue weighted by molar-refractivity contribution is 7.92. The Morgan fingerprint density at radius 3 is 2.06 bits per heavy atom. The van der Waals surface area contributed by atoms with Gasteiger partial charge in [-0.1, -0.05) is 59.6 Å². The van der Waals surface area contributed by atoms with Gasteiger partial charge in [0.05, 0.1) is 4.90 Å². The minimum Gasteiger partial charge on any atom is -0.222 e. The summed E-state index contributed by atoms with van der Waals surface area (Å²) < 4.78 is 23.6. The van der Waals surface area contributed by atoms with Crippen molar-refractivity contribution in [3.05, 3.63) is 65.7 Å². The van der Waals surface area contributed by atoms with E-state index in [0.717, 1.165) is 5.56 Å². The van der Waals surface area contributed by atoms with Crippen molar-refractivity contribution in [1.82, 2.24) is 0 Å². The van der Waals surface area contributed by atoms with Crippen LogP contribution < -0.4 is 0 Å². The van der Waals surface area contributed by atoms with Gasteiger partial charge in [-0.3, -0.25) is 0 Å². The molecule has 0 heterocycles. The molecular formula is C14H13ClO2S. The SMILES string of the molecule is Cc1ccc(S(=O)(=O)C(Cl)c2ccccc2)cc1. The van der Waals surface area contributed by atoms with Gasteiger partial charge in [0.25, 0.3) is 0 Å². The van der Waals surface area contributed by atoms with Crippen molar-refractivity contribution in [3.63, 3.8) is 0 Å². The molecule has 4 heteroatoms. The van der Waals surface area contributed by atoms with E-state index in [4.69, 9.17) is 11.6 Å². The molecule has 1 unspecified atom stereocenters. The van der Waals surface area contributed by atoms with Crippen molar-refractivity contribution in [1.29, 1.82) is 0 Å². The third-order valence-corrected chi connectivity index (χ3v) is 5.39. The van der Waals surface area contributed by atoms with Crippen LogP contribution in [0.3, 0.4) is 0 Å². The Labute approximate surface area is 112 Å². The molecule has 0 saturated carbocycles. The van der Waals surface area contributed by atoms with Crippen LogP contribution in [-0.2, 0) is 9.84 Å². The average molecular weight is 281 g/mol. The molecule has 0 amide bonds. The molecule has 1 atom stereocenters. The molecule has 18 heavy (non-hydrogen) atoms.